The Morgan fingerprint density at radius 2 is 0.745 bits per heavy atom. The number of para-hydroxylation sites is 1. The van der Waals surface area contributed by atoms with Crippen LogP contribution in [0.15, 0.2) is 188 Å². The summed E-state index contributed by atoms with van der Waals surface area (Å²) in [7, 11) is 0. The minimum absolute atomic E-state index is 0.512. The number of hydrogen-bond acceptors (Lipinski definition) is 0. The highest BCUT2D eigenvalue weighted by molar-refractivity contribution is 6.12. The van der Waals surface area contributed by atoms with Gasteiger partial charge in [0.1, 0.15) is 0 Å². The van der Waals surface area contributed by atoms with Crippen molar-refractivity contribution in [3.8, 4) is 44.8 Å². The summed E-state index contributed by atoms with van der Waals surface area (Å²) >= 11 is 0. The minimum Gasteiger partial charge on any atom is -0.309 e. The molecule has 0 spiro atoms. The van der Waals surface area contributed by atoms with Crippen molar-refractivity contribution in [2.45, 2.75) is 6.92 Å². The molecular formula is C49H34N2. The molecule has 0 amide bonds. The van der Waals surface area contributed by atoms with Gasteiger partial charge in [0.25, 0.3) is 0 Å². The van der Waals surface area contributed by atoms with Gasteiger partial charge in [0.2, 0.25) is 0 Å². The van der Waals surface area contributed by atoms with E-state index in [0.29, 0.717) is 6.04 Å². The van der Waals surface area contributed by atoms with E-state index in [1.807, 2.05) is 18.2 Å². The van der Waals surface area contributed by atoms with Crippen molar-refractivity contribution < 1.29 is 1.37 Å². The Morgan fingerprint density at radius 3 is 1.27 bits per heavy atom. The lowest BCUT2D eigenvalue weighted by Crippen LogP contribution is -1.94. The van der Waals surface area contributed by atoms with E-state index in [9.17, 15) is 0 Å². The number of aromatic nitrogens is 2. The zero-order valence-corrected chi connectivity index (χ0v) is 28.2. The molecule has 2 heteroatoms. The topological polar surface area (TPSA) is 9.86 Å². The maximum atomic E-state index is 8.51. The summed E-state index contributed by atoms with van der Waals surface area (Å²) in [6.07, 6.45) is 0. The Labute approximate surface area is 298 Å². The second kappa shape index (κ2) is 11.8. The summed E-state index contributed by atoms with van der Waals surface area (Å²) in [5, 5.41) is 4.71. The minimum atomic E-state index is 0.512. The first-order valence-corrected chi connectivity index (χ1v) is 17.5. The highest BCUT2D eigenvalue weighted by atomic mass is 15.0. The SMILES string of the molecule is [2H]c1ccc2c(c1)c1cc(-c3ccc4c(c3)c3cc(C)ccc3n4-c3ccc(-c4ccccc4)cc3)ccc1n2-c1ccc(-c2ccccc2)cc1. The lowest BCUT2D eigenvalue weighted by molar-refractivity contribution is 1.18. The zero-order valence-electron chi connectivity index (χ0n) is 29.2. The lowest BCUT2D eigenvalue weighted by atomic mass is 10.00. The van der Waals surface area contributed by atoms with Crippen molar-refractivity contribution in [1.29, 1.82) is 0 Å². The first kappa shape index (κ1) is 28.2. The van der Waals surface area contributed by atoms with Crippen molar-refractivity contribution in [2.75, 3.05) is 0 Å². The Bertz CT molecular complexity index is 2730. The first-order chi connectivity index (χ1) is 25.6. The van der Waals surface area contributed by atoms with E-state index >= 15 is 0 Å². The standard InChI is InChI=1S/C49H34N2/c1-33-16-27-47-43(30-33)45-32-39(22-29-49(45)51(47)41-25-19-37(20-26-41)35-12-6-3-7-13-35)38-21-28-48-44(31-38)42-14-8-9-15-46(42)50(48)40-23-17-36(18-24-40)34-10-4-2-5-11-34/h2-32H,1H3/i8D. The summed E-state index contributed by atoms with van der Waals surface area (Å²) in [6.45, 7) is 2.17. The average Bonchev–Trinajstić information content (AvgIpc) is 3.70. The normalized spacial score (nSPS) is 11.9. The maximum Gasteiger partial charge on any atom is 0.0623 e. The fraction of sp³-hybridized carbons (Fsp3) is 0.0204. The molecule has 0 atom stereocenters. The molecule has 0 saturated carbocycles. The lowest BCUT2D eigenvalue weighted by Gasteiger charge is -2.11. The third-order valence-electron chi connectivity index (χ3n) is 10.3. The fourth-order valence-corrected chi connectivity index (χ4v) is 7.83. The molecule has 240 valence electrons. The van der Waals surface area contributed by atoms with Crippen LogP contribution in [0, 0.1) is 6.92 Å². The van der Waals surface area contributed by atoms with Gasteiger partial charge in [0.05, 0.1) is 23.4 Å². The van der Waals surface area contributed by atoms with Gasteiger partial charge in [-0.25, -0.2) is 0 Å². The van der Waals surface area contributed by atoms with Crippen molar-refractivity contribution >= 4 is 43.6 Å². The quantitative estimate of drug-likeness (QED) is 0.175. The number of fused-ring (bicyclic) bond motifs is 6. The molecule has 10 aromatic rings. The predicted molar refractivity (Wildman–Crippen MR) is 216 cm³/mol. The Morgan fingerprint density at radius 1 is 0.333 bits per heavy atom. The number of aryl methyl sites for hydroxylation is 1. The van der Waals surface area contributed by atoms with Gasteiger partial charge in [-0.05, 0) is 107 Å². The highest BCUT2D eigenvalue weighted by Crippen LogP contribution is 2.39. The largest absolute Gasteiger partial charge is 0.309 e. The molecular weight excluding hydrogens is 617 g/mol. The smallest absolute Gasteiger partial charge is 0.0623 e. The van der Waals surface area contributed by atoms with Gasteiger partial charge in [0, 0.05) is 32.9 Å². The van der Waals surface area contributed by atoms with Crippen LogP contribution in [0.25, 0.3) is 88.4 Å². The first-order valence-electron chi connectivity index (χ1n) is 18.0. The second-order valence-corrected chi connectivity index (χ2v) is 13.4. The van der Waals surface area contributed by atoms with Crippen LogP contribution in [0.4, 0.5) is 0 Å². The van der Waals surface area contributed by atoms with E-state index in [1.165, 1.54) is 55.2 Å². The summed E-state index contributed by atoms with van der Waals surface area (Å²) in [5.74, 6) is 0. The molecule has 0 bridgehead atoms. The van der Waals surface area contributed by atoms with Gasteiger partial charge < -0.3 is 9.13 Å². The summed E-state index contributed by atoms with van der Waals surface area (Å²) < 4.78 is 13.2. The van der Waals surface area contributed by atoms with E-state index in [0.717, 1.165) is 38.7 Å². The number of hydrogen-bond donors (Lipinski definition) is 0. The van der Waals surface area contributed by atoms with Gasteiger partial charge in [-0.3, -0.25) is 0 Å². The molecule has 0 fully saturated rings. The predicted octanol–water partition coefficient (Wildman–Crippen LogP) is 13.2. The van der Waals surface area contributed by atoms with E-state index in [-0.39, 0.29) is 0 Å². The average molecular weight is 652 g/mol. The summed E-state index contributed by atoms with van der Waals surface area (Å²) in [4.78, 5) is 0. The summed E-state index contributed by atoms with van der Waals surface area (Å²) in [5.41, 5.74) is 15.3. The van der Waals surface area contributed by atoms with Gasteiger partial charge >= 0.3 is 0 Å². The molecule has 51 heavy (non-hydrogen) atoms. The van der Waals surface area contributed by atoms with Crippen LogP contribution in [-0.2, 0) is 0 Å². The molecule has 2 nitrogen and oxygen atoms in total. The second-order valence-electron chi connectivity index (χ2n) is 13.4. The van der Waals surface area contributed by atoms with E-state index in [4.69, 9.17) is 1.37 Å². The Balaban J connectivity index is 1.10. The van der Waals surface area contributed by atoms with Crippen LogP contribution < -0.4 is 0 Å². The van der Waals surface area contributed by atoms with Crippen LogP contribution in [0.1, 0.15) is 6.93 Å². The van der Waals surface area contributed by atoms with Gasteiger partial charge in [-0.15, -0.1) is 0 Å². The van der Waals surface area contributed by atoms with Crippen LogP contribution in [0.5, 0.6) is 0 Å². The molecule has 2 aromatic heterocycles. The monoisotopic (exact) mass is 651 g/mol. The van der Waals surface area contributed by atoms with Crippen LogP contribution in [0.3, 0.4) is 0 Å². The van der Waals surface area contributed by atoms with Crippen molar-refractivity contribution in [2.24, 2.45) is 0 Å². The van der Waals surface area contributed by atoms with Crippen molar-refractivity contribution in [1.82, 2.24) is 9.13 Å². The number of benzene rings is 8. The molecule has 0 aliphatic rings. The van der Waals surface area contributed by atoms with Crippen LogP contribution in [-0.4, -0.2) is 9.13 Å². The van der Waals surface area contributed by atoms with Crippen LogP contribution in [0.2, 0.25) is 0 Å². The van der Waals surface area contributed by atoms with Crippen molar-refractivity contribution in [3.63, 3.8) is 0 Å². The fourth-order valence-electron chi connectivity index (χ4n) is 7.83. The molecule has 0 aliphatic carbocycles. The van der Waals surface area contributed by atoms with Crippen LogP contribution >= 0.6 is 0 Å². The molecule has 0 saturated heterocycles. The number of nitrogens with zero attached hydrogens (tertiary/aromatic N) is 2. The molecule has 2 heterocycles. The van der Waals surface area contributed by atoms with Gasteiger partial charge in [0.15, 0.2) is 0 Å². The maximum absolute atomic E-state index is 8.51. The van der Waals surface area contributed by atoms with E-state index < -0.39 is 0 Å². The Hall–Kier alpha value is -6.64. The molecule has 8 aromatic carbocycles. The third-order valence-corrected chi connectivity index (χ3v) is 10.3. The molecule has 0 unspecified atom stereocenters. The zero-order chi connectivity index (χ0) is 34.8. The van der Waals surface area contributed by atoms with Gasteiger partial charge in [-0.1, -0.05) is 127 Å². The molecule has 0 radical (unpaired) electrons. The third kappa shape index (κ3) is 4.87. The Kier molecular flexibility index (Phi) is 6.50. The molecule has 0 N–H and O–H groups in total. The number of rotatable bonds is 5. The molecule has 10 rings (SSSR count). The van der Waals surface area contributed by atoms with Gasteiger partial charge in [-0.2, -0.15) is 0 Å². The summed E-state index contributed by atoms with van der Waals surface area (Å²) in [6, 6.07) is 65.6. The molecule has 0 aliphatic heterocycles. The highest BCUT2D eigenvalue weighted by Gasteiger charge is 2.16. The van der Waals surface area contributed by atoms with Crippen molar-refractivity contribution in [3.05, 3.63) is 194 Å². The van der Waals surface area contributed by atoms with E-state index in [2.05, 4.69) is 180 Å². The van der Waals surface area contributed by atoms with E-state index in [1.54, 1.807) is 0 Å².